The predicted octanol–water partition coefficient (Wildman–Crippen LogP) is 3.87. The number of anilines is 1. The Hall–Kier alpha value is -1.50. The second-order valence-corrected chi connectivity index (χ2v) is 7.79. The average Bonchev–Trinajstić information content (AvgIpc) is 3.00. The van der Waals surface area contributed by atoms with Crippen molar-refractivity contribution >= 4 is 43.3 Å². The molecule has 0 N–H and O–H groups in total. The first-order valence-electron chi connectivity index (χ1n) is 7.65. The van der Waals surface area contributed by atoms with Crippen LogP contribution in [-0.4, -0.2) is 48.1 Å². The minimum Gasteiger partial charge on any atom is -0.353 e. The molecule has 2 aromatic heterocycles. The van der Waals surface area contributed by atoms with Crippen molar-refractivity contribution in [2.45, 2.75) is 0 Å². The van der Waals surface area contributed by atoms with E-state index in [1.165, 1.54) is 15.1 Å². The van der Waals surface area contributed by atoms with E-state index >= 15 is 0 Å². The Bertz CT molecular complexity index is 822. The molecule has 6 heteroatoms. The van der Waals surface area contributed by atoms with E-state index in [0.717, 1.165) is 42.0 Å². The lowest BCUT2D eigenvalue weighted by atomic mass is 10.2. The van der Waals surface area contributed by atoms with Crippen LogP contribution in [0.1, 0.15) is 0 Å². The van der Waals surface area contributed by atoms with E-state index < -0.39 is 0 Å². The Morgan fingerprint density at radius 2 is 1.78 bits per heavy atom. The largest absolute Gasteiger partial charge is 0.353 e. The van der Waals surface area contributed by atoms with Crippen LogP contribution in [0.25, 0.3) is 20.7 Å². The summed E-state index contributed by atoms with van der Waals surface area (Å²) in [7, 11) is 2.17. The molecule has 0 bridgehead atoms. The molecule has 0 atom stereocenters. The highest BCUT2D eigenvalue weighted by Crippen LogP contribution is 2.37. The number of halogens is 1. The van der Waals surface area contributed by atoms with Crippen molar-refractivity contribution in [1.29, 1.82) is 0 Å². The summed E-state index contributed by atoms with van der Waals surface area (Å²) in [6, 6.07) is 10.6. The third-order valence-corrected chi connectivity index (χ3v) is 5.92. The number of nitrogens with zero attached hydrogens (tertiary/aromatic N) is 4. The SMILES string of the molecule is CN1CCN(c2ncnc3cc(-c4ccc(Br)cc4)sc23)CC1. The highest BCUT2D eigenvalue weighted by molar-refractivity contribution is 9.10. The molecule has 3 aromatic rings. The molecule has 0 spiro atoms. The summed E-state index contributed by atoms with van der Waals surface area (Å²) < 4.78 is 2.29. The van der Waals surface area contributed by atoms with E-state index in [9.17, 15) is 0 Å². The number of piperazine rings is 1. The minimum atomic E-state index is 1.02. The van der Waals surface area contributed by atoms with Gasteiger partial charge in [0.25, 0.3) is 0 Å². The third kappa shape index (κ3) is 2.98. The first-order valence-corrected chi connectivity index (χ1v) is 9.25. The van der Waals surface area contributed by atoms with Gasteiger partial charge in [-0.3, -0.25) is 0 Å². The van der Waals surface area contributed by atoms with Crippen molar-refractivity contribution in [3.8, 4) is 10.4 Å². The van der Waals surface area contributed by atoms with Crippen molar-refractivity contribution in [3.05, 3.63) is 41.1 Å². The maximum atomic E-state index is 4.58. The van der Waals surface area contributed by atoms with Gasteiger partial charge in [0.05, 0.1) is 10.2 Å². The number of hydrogen-bond acceptors (Lipinski definition) is 5. The second kappa shape index (κ2) is 6.19. The molecule has 118 valence electrons. The molecule has 0 saturated carbocycles. The summed E-state index contributed by atoms with van der Waals surface area (Å²) in [6.07, 6.45) is 1.69. The Kier molecular flexibility index (Phi) is 4.05. The lowest BCUT2D eigenvalue weighted by Crippen LogP contribution is -2.44. The van der Waals surface area contributed by atoms with Gasteiger partial charge in [-0.1, -0.05) is 28.1 Å². The van der Waals surface area contributed by atoms with Crippen LogP contribution in [0, 0.1) is 0 Å². The summed E-state index contributed by atoms with van der Waals surface area (Å²) in [5.74, 6) is 1.08. The van der Waals surface area contributed by atoms with E-state index in [1.54, 1.807) is 17.7 Å². The monoisotopic (exact) mass is 388 g/mol. The van der Waals surface area contributed by atoms with Crippen LogP contribution in [-0.2, 0) is 0 Å². The highest BCUT2D eigenvalue weighted by atomic mass is 79.9. The molecular formula is C17H17BrN4S. The molecule has 23 heavy (non-hydrogen) atoms. The Labute approximate surface area is 147 Å². The van der Waals surface area contributed by atoms with E-state index in [4.69, 9.17) is 0 Å². The van der Waals surface area contributed by atoms with Gasteiger partial charge >= 0.3 is 0 Å². The molecule has 1 aliphatic heterocycles. The molecular weight excluding hydrogens is 372 g/mol. The number of hydrogen-bond donors (Lipinski definition) is 0. The first-order chi connectivity index (χ1) is 11.2. The van der Waals surface area contributed by atoms with E-state index in [1.807, 2.05) is 0 Å². The molecule has 0 aliphatic carbocycles. The summed E-state index contributed by atoms with van der Waals surface area (Å²) in [5, 5.41) is 0. The lowest BCUT2D eigenvalue weighted by Gasteiger charge is -2.33. The quantitative estimate of drug-likeness (QED) is 0.666. The standard InChI is InChI=1S/C17H17BrN4S/c1-21-6-8-22(9-7-21)17-16-14(19-11-20-17)10-15(23-16)12-2-4-13(18)5-3-12/h2-5,10-11H,6-9H2,1H3. The van der Waals surface area contributed by atoms with Gasteiger partial charge in [-0.2, -0.15) is 0 Å². The number of benzene rings is 1. The molecule has 0 radical (unpaired) electrons. The molecule has 0 unspecified atom stereocenters. The molecule has 1 saturated heterocycles. The number of rotatable bonds is 2. The average molecular weight is 389 g/mol. The topological polar surface area (TPSA) is 32.3 Å². The fourth-order valence-electron chi connectivity index (χ4n) is 2.84. The lowest BCUT2D eigenvalue weighted by molar-refractivity contribution is 0.312. The van der Waals surface area contributed by atoms with E-state index in [2.05, 4.69) is 73.1 Å². The van der Waals surface area contributed by atoms with Gasteiger partial charge in [0.1, 0.15) is 12.1 Å². The van der Waals surface area contributed by atoms with Crippen LogP contribution in [0.15, 0.2) is 41.1 Å². The molecule has 0 amide bonds. The van der Waals surface area contributed by atoms with Crippen LogP contribution in [0.5, 0.6) is 0 Å². The fourth-order valence-corrected chi connectivity index (χ4v) is 4.24. The Morgan fingerprint density at radius 1 is 1.04 bits per heavy atom. The number of likely N-dealkylation sites (N-methyl/N-ethyl adjacent to an activating group) is 1. The van der Waals surface area contributed by atoms with Gasteiger partial charge in [0.15, 0.2) is 0 Å². The normalized spacial score (nSPS) is 16.2. The van der Waals surface area contributed by atoms with Crippen LogP contribution in [0.2, 0.25) is 0 Å². The molecule has 3 heterocycles. The maximum Gasteiger partial charge on any atom is 0.150 e. The summed E-state index contributed by atoms with van der Waals surface area (Å²) in [5.41, 5.74) is 2.26. The van der Waals surface area contributed by atoms with Crippen molar-refractivity contribution < 1.29 is 0 Å². The third-order valence-electron chi connectivity index (χ3n) is 4.22. The van der Waals surface area contributed by atoms with E-state index in [0.29, 0.717) is 0 Å². The number of aromatic nitrogens is 2. The van der Waals surface area contributed by atoms with Crippen molar-refractivity contribution in [2.24, 2.45) is 0 Å². The molecule has 1 fully saturated rings. The summed E-state index contributed by atoms with van der Waals surface area (Å²) >= 11 is 5.27. The Morgan fingerprint density at radius 3 is 2.52 bits per heavy atom. The van der Waals surface area contributed by atoms with Crippen LogP contribution >= 0.6 is 27.3 Å². The van der Waals surface area contributed by atoms with Crippen LogP contribution < -0.4 is 4.90 Å². The predicted molar refractivity (Wildman–Crippen MR) is 100 cm³/mol. The molecule has 1 aromatic carbocycles. The van der Waals surface area contributed by atoms with Gasteiger partial charge in [-0.15, -0.1) is 11.3 Å². The summed E-state index contributed by atoms with van der Waals surface area (Å²) in [6.45, 7) is 4.20. The molecule has 4 rings (SSSR count). The summed E-state index contributed by atoms with van der Waals surface area (Å²) in [4.78, 5) is 15.0. The van der Waals surface area contributed by atoms with E-state index in [-0.39, 0.29) is 0 Å². The van der Waals surface area contributed by atoms with Crippen molar-refractivity contribution in [1.82, 2.24) is 14.9 Å². The second-order valence-electron chi connectivity index (χ2n) is 5.82. The zero-order chi connectivity index (χ0) is 15.8. The molecule has 1 aliphatic rings. The van der Waals surface area contributed by atoms with Crippen LogP contribution in [0.4, 0.5) is 5.82 Å². The number of thiophene rings is 1. The number of fused-ring (bicyclic) bond motifs is 1. The minimum absolute atomic E-state index is 1.02. The van der Waals surface area contributed by atoms with Gasteiger partial charge in [-0.05, 0) is 30.8 Å². The fraction of sp³-hybridized carbons (Fsp3) is 0.294. The van der Waals surface area contributed by atoms with Gasteiger partial charge < -0.3 is 9.80 Å². The van der Waals surface area contributed by atoms with Gasteiger partial charge in [-0.25, -0.2) is 9.97 Å². The maximum absolute atomic E-state index is 4.58. The zero-order valence-electron chi connectivity index (χ0n) is 12.9. The van der Waals surface area contributed by atoms with Crippen molar-refractivity contribution in [2.75, 3.05) is 38.1 Å². The van der Waals surface area contributed by atoms with Gasteiger partial charge in [0.2, 0.25) is 0 Å². The highest BCUT2D eigenvalue weighted by Gasteiger charge is 2.19. The Balaban J connectivity index is 1.74. The molecule has 4 nitrogen and oxygen atoms in total. The zero-order valence-corrected chi connectivity index (χ0v) is 15.3. The van der Waals surface area contributed by atoms with Gasteiger partial charge in [0, 0.05) is 35.5 Å². The smallest absolute Gasteiger partial charge is 0.150 e. The van der Waals surface area contributed by atoms with Crippen molar-refractivity contribution in [3.63, 3.8) is 0 Å². The first kappa shape index (κ1) is 15.1. The van der Waals surface area contributed by atoms with Crippen LogP contribution in [0.3, 0.4) is 0 Å².